The summed E-state index contributed by atoms with van der Waals surface area (Å²) in [5.41, 5.74) is 1.37. The monoisotopic (exact) mass is 330 g/mol. The second-order valence-electron chi connectivity index (χ2n) is 6.24. The molecular formula is C16H22N6O2. The number of aromatic amines is 1. The van der Waals surface area contributed by atoms with Crippen LogP contribution in [0.15, 0.2) is 12.1 Å². The molecule has 0 bridgehead atoms. The van der Waals surface area contributed by atoms with E-state index in [4.69, 9.17) is 4.74 Å². The van der Waals surface area contributed by atoms with Crippen LogP contribution in [0.1, 0.15) is 24.7 Å². The van der Waals surface area contributed by atoms with Crippen molar-refractivity contribution in [2.75, 3.05) is 30.4 Å². The highest BCUT2D eigenvalue weighted by Gasteiger charge is 2.49. The number of carbonyl (C=O) groups is 1. The van der Waals surface area contributed by atoms with E-state index < -0.39 is 5.41 Å². The van der Waals surface area contributed by atoms with Crippen molar-refractivity contribution in [3.63, 3.8) is 0 Å². The lowest BCUT2D eigenvalue weighted by atomic mass is 9.77. The molecule has 1 saturated heterocycles. The zero-order valence-corrected chi connectivity index (χ0v) is 14.4. The van der Waals surface area contributed by atoms with E-state index >= 15 is 0 Å². The Kier molecular flexibility index (Phi) is 4.13. The van der Waals surface area contributed by atoms with Gasteiger partial charge < -0.3 is 15.0 Å². The lowest BCUT2D eigenvalue weighted by Gasteiger charge is -2.47. The third-order valence-electron chi connectivity index (χ3n) is 4.37. The van der Waals surface area contributed by atoms with E-state index in [2.05, 4.69) is 25.5 Å². The Hall–Kier alpha value is -2.64. The number of rotatable bonds is 5. The zero-order chi connectivity index (χ0) is 17.3. The first-order valence-corrected chi connectivity index (χ1v) is 7.94. The molecule has 0 atom stereocenters. The molecule has 0 radical (unpaired) electrons. The predicted molar refractivity (Wildman–Crippen MR) is 90.3 cm³/mol. The molecule has 0 spiro atoms. The maximum atomic E-state index is 12.0. The molecule has 8 heteroatoms. The molecule has 2 aromatic rings. The number of carbonyl (C=O) groups excluding carboxylic acids is 1. The summed E-state index contributed by atoms with van der Waals surface area (Å²) in [6, 6.07) is 3.76. The van der Waals surface area contributed by atoms with E-state index in [9.17, 15) is 4.79 Å². The average molecular weight is 330 g/mol. The highest BCUT2D eigenvalue weighted by atomic mass is 16.5. The third kappa shape index (κ3) is 2.91. The van der Waals surface area contributed by atoms with Gasteiger partial charge >= 0.3 is 5.97 Å². The number of ether oxygens (including phenoxy) is 1. The number of methoxy groups -OCH3 is 1. The minimum absolute atomic E-state index is 0.167. The number of nitrogens with one attached hydrogen (secondary N) is 2. The third-order valence-corrected chi connectivity index (χ3v) is 4.37. The molecule has 3 rings (SSSR count). The van der Waals surface area contributed by atoms with E-state index in [1.165, 1.54) is 7.11 Å². The van der Waals surface area contributed by atoms with E-state index in [0.717, 1.165) is 17.8 Å². The van der Waals surface area contributed by atoms with Gasteiger partial charge in [0.05, 0.1) is 7.11 Å². The number of hydrogen-bond donors (Lipinski definition) is 2. The first-order chi connectivity index (χ1) is 11.5. The van der Waals surface area contributed by atoms with Crippen LogP contribution in [0.25, 0.3) is 0 Å². The van der Waals surface area contributed by atoms with Gasteiger partial charge in [0.1, 0.15) is 11.2 Å². The maximum Gasteiger partial charge on any atom is 0.315 e. The standard InChI is InChI=1S/C16H22N6O2/c1-5-16(14(23)24-4)8-22(9-16)15-17-10(2)6-12(19-15)18-13-7-11(3)20-21-13/h6-7H,5,8-9H2,1-4H3,(H2,17,18,19,20,21). The summed E-state index contributed by atoms with van der Waals surface area (Å²) in [6.07, 6.45) is 0.736. The quantitative estimate of drug-likeness (QED) is 0.809. The smallest absolute Gasteiger partial charge is 0.315 e. The molecule has 2 aromatic heterocycles. The fraction of sp³-hybridized carbons (Fsp3) is 0.500. The first kappa shape index (κ1) is 16.2. The van der Waals surface area contributed by atoms with Gasteiger partial charge in [-0.05, 0) is 20.3 Å². The van der Waals surface area contributed by atoms with Crippen LogP contribution in [-0.2, 0) is 9.53 Å². The molecular weight excluding hydrogens is 308 g/mol. The van der Waals surface area contributed by atoms with Crippen molar-refractivity contribution in [3.8, 4) is 0 Å². The molecule has 0 aliphatic carbocycles. The first-order valence-electron chi connectivity index (χ1n) is 7.94. The molecule has 1 fully saturated rings. The molecule has 1 aliphatic heterocycles. The van der Waals surface area contributed by atoms with Crippen LogP contribution in [0.3, 0.4) is 0 Å². The van der Waals surface area contributed by atoms with Crippen LogP contribution in [-0.4, -0.2) is 46.3 Å². The summed E-state index contributed by atoms with van der Waals surface area (Å²) in [6.45, 7) is 6.99. The van der Waals surface area contributed by atoms with E-state index in [1.54, 1.807) is 0 Å². The van der Waals surface area contributed by atoms with Gasteiger partial charge in [0.2, 0.25) is 5.95 Å². The Labute approximate surface area is 140 Å². The fourth-order valence-electron chi connectivity index (χ4n) is 2.91. The van der Waals surface area contributed by atoms with Crippen molar-refractivity contribution >= 4 is 23.6 Å². The number of H-pyrrole nitrogens is 1. The number of nitrogens with zero attached hydrogens (tertiary/aromatic N) is 4. The van der Waals surface area contributed by atoms with Crippen LogP contribution in [0.4, 0.5) is 17.6 Å². The highest BCUT2D eigenvalue weighted by molar-refractivity contribution is 5.80. The normalized spacial score (nSPS) is 15.8. The molecule has 0 saturated carbocycles. The van der Waals surface area contributed by atoms with Crippen molar-refractivity contribution in [2.24, 2.45) is 5.41 Å². The summed E-state index contributed by atoms with van der Waals surface area (Å²) in [5.74, 6) is 1.82. The molecule has 3 heterocycles. The Morgan fingerprint density at radius 2 is 2.08 bits per heavy atom. The Bertz CT molecular complexity index is 751. The average Bonchev–Trinajstić information content (AvgIpc) is 2.91. The van der Waals surface area contributed by atoms with Crippen LogP contribution < -0.4 is 10.2 Å². The molecule has 0 amide bonds. The van der Waals surface area contributed by atoms with Gasteiger partial charge in [-0.1, -0.05) is 6.92 Å². The van der Waals surface area contributed by atoms with Gasteiger partial charge in [-0.25, -0.2) is 4.98 Å². The number of aromatic nitrogens is 4. The van der Waals surface area contributed by atoms with Crippen LogP contribution in [0.5, 0.6) is 0 Å². The van der Waals surface area contributed by atoms with Crippen LogP contribution in [0, 0.1) is 19.3 Å². The summed E-state index contributed by atoms with van der Waals surface area (Å²) in [7, 11) is 1.43. The Morgan fingerprint density at radius 1 is 1.33 bits per heavy atom. The number of hydrogen-bond acceptors (Lipinski definition) is 7. The SMILES string of the molecule is CCC1(C(=O)OC)CN(c2nc(C)cc(Nc3cc(C)[nH]n3)n2)C1. The number of aryl methyl sites for hydroxylation is 2. The Balaban J connectivity index is 1.77. The van der Waals surface area contributed by atoms with Crippen LogP contribution in [0.2, 0.25) is 0 Å². The predicted octanol–water partition coefficient (Wildman–Crippen LogP) is 1.95. The van der Waals surface area contributed by atoms with Gasteiger partial charge in [-0.2, -0.15) is 10.1 Å². The van der Waals surface area contributed by atoms with E-state index in [-0.39, 0.29) is 5.97 Å². The van der Waals surface area contributed by atoms with Crippen molar-refractivity contribution in [1.82, 2.24) is 20.2 Å². The van der Waals surface area contributed by atoms with Gasteiger partial charge in [0.15, 0.2) is 5.82 Å². The maximum absolute atomic E-state index is 12.0. The topological polar surface area (TPSA) is 96.0 Å². The molecule has 0 unspecified atom stereocenters. The molecule has 2 N–H and O–H groups in total. The van der Waals surface area contributed by atoms with Crippen molar-refractivity contribution in [1.29, 1.82) is 0 Å². The fourth-order valence-corrected chi connectivity index (χ4v) is 2.91. The second-order valence-corrected chi connectivity index (χ2v) is 6.24. The van der Waals surface area contributed by atoms with Gasteiger partial charge in [-0.15, -0.1) is 0 Å². The van der Waals surface area contributed by atoms with Gasteiger partial charge in [-0.3, -0.25) is 9.89 Å². The lowest BCUT2D eigenvalue weighted by molar-refractivity contribution is -0.154. The van der Waals surface area contributed by atoms with Gasteiger partial charge in [0.25, 0.3) is 0 Å². The molecule has 0 aromatic carbocycles. The van der Waals surface area contributed by atoms with Crippen LogP contribution >= 0.6 is 0 Å². The second kappa shape index (κ2) is 6.10. The van der Waals surface area contributed by atoms with E-state index in [0.29, 0.717) is 30.7 Å². The van der Waals surface area contributed by atoms with Crippen molar-refractivity contribution < 1.29 is 9.53 Å². The largest absolute Gasteiger partial charge is 0.468 e. The summed E-state index contributed by atoms with van der Waals surface area (Å²) in [4.78, 5) is 23.0. The molecule has 24 heavy (non-hydrogen) atoms. The molecule has 8 nitrogen and oxygen atoms in total. The molecule has 1 aliphatic rings. The Morgan fingerprint density at radius 3 is 2.67 bits per heavy atom. The van der Waals surface area contributed by atoms with Gasteiger partial charge in [0, 0.05) is 36.6 Å². The summed E-state index contributed by atoms with van der Waals surface area (Å²) >= 11 is 0. The number of esters is 1. The van der Waals surface area contributed by atoms with Crippen molar-refractivity contribution in [3.05, 3.63) is 23.5 Å². The zero-order valence-electron chi connectivity index (χ0n) is 14.4. The number of anilines is 3. The molecule has 128 valence electrons. The highest BCUT2D eigenvalue weighted by Crippen LogP contribution is 2.37. The lowest BCUT2D eigenvalue weighted by Crippen LogP contribution is -2.61. The minimum Gasteiger partial charge on any atom is -0.468 e. The summed E-state index contributed by atoms with van der Waals surface area (Å²) in [5, 5.41) is 10.2. The summed E-state index contributed by atoms with van der Waals surface area (Å²) < 4.78 is 4.93. The minimum atomic E-state index is -0.450. The van der Waals surface area contributed by atoms with E-state index in [1.807, 2.05) is 37.8 Å². The van der Waals surface area contributed by atoms with Crippen molar-refractivity contribution in [2.45, 2.75) is 27.2 Å².